The third-order valence-electron chi connectivity index (χ3n) is 4.04. The normalized spacial score (nSPS) is 22.4. The van der Waals surface area contributed by atoms with Gasteiger partial charge in [-0.3, -0.25) is 4.79 Å². The summed E-state index contributed by atoms with van der Waals surface area (Å²) in [6.45, 7) is 3.60. The number of hydrogen-bond donors (Lipinski definition) is 0. The fourth-order valence-corrected chi connectivity index (χ4v) is 2.93. The van der Waals surface area contributed by atoms with E-state index in [4.69, 9.17) is 0 Å². The zero-order valence-electron chi connectivity index (χ0n) is 11.2. The molecule has 1 aliphatic rings. The first-order chi connectivity index (χ1) is 9.38. The lowest BCUT2D eigenvalue weighted by Gasteiger charge is -2.36. The van der Waals surface area contributed by atoms with E-state index in [0.29, 0.717) is 24.8 Å². The van der Waals surface area contributed by atoms with Crippen LogP contribution in [0.5, 0.6) is 0 Å². The molecule has 0 aromatic heterocycles. The smallest absolute Gasteiger partial charge is 0.294 e. The van der Waals surface area contributed by atoms with Crippen molar-refractivity contribution in [1.82, 2.24) is 0 Å². The predicted octanol–water partition coefficient (Wildman–Crippen LogP) is 4.72. The molecular formula is C16H17F3O. The van der Waals surface area contributed by atoms with Gasteiger partial charge in [-0.25, -0.2) is 0 Å². The molecule has 0 fully saturated rings. The second-order valence-electron chi connectivity index (χ2n) is 5.37. The van der Waals surface area contributed by atoms with Gasteiger partial charge < -0.3 is 0 Å². The Morgan fingerprint density at radius 3 is 2.65 bits per heavy atom. The van der Waals surface area contributed by atoms with Gasteiger partial charge in [0, 0.05) is 17.4 Å². The van der Waals surface area contributed by atoms with Crippen LogP contribution in [0, 0.1) is 5.41 Å². The van der Waals surface area contributed by atoms with E-state index in [-0.39, 0.29) is 12.2 Å². The molecule has 0 saturated heterocycles. The number of carbonyl (C=O) groups is 1. The number of halogens is 3. The summed E-state index contributed by atoms with van der Waals surface area (Å²) < 4.78 is 37.5. The zero-order chi connectivity index (χ0) is 14.8. The summed E-state index contributed by atoms with van der Waals surface area (Å²) in [5.41, 5.74) is 0.568. The van der Waals surface area contributed by atoms with E-state index in [9.17, 15) is 18.0 Å². The molecule has 1 aromatic carbocycles. The fourth-order valence-electron chi connectivity index (χ4n) is 2.93. The Balaban J connectivity index is 2.30. The summed E-state index contributed by atoms with van der Waals surface area (Å²) in [6.07, 6.45) is -2.34. The quantitative estimate of drug-likeness (QED) is 0.730. The molecule has 0 unspecified atom stereocenters. The molecule has 108 valence electrons. The van der Waals surface area contributed by atoms with Crippen molar-refractivity contribution in [3.8, 4) is 0 Å². The number of carbonyl (C=O) groups excluding carboxylic acids is 1. The summed E-state index contributed by atoms with van der Waals surface area (Å²) in [7, 11) is 0. The van der Waals surface area contributed by atoms with Crippen LogP contribution in [0.4, 0.5) is 13.2 Å². The molecule has 0 bridgehead atoms. The Bertz CT molecular complexity index is 519. The number of hydrogen-bond acceptors (Lipinski definition) is 1. The van der Waals surface area contributed by atoms with Crippen LogP contribution in [0.1, 0.15) is 41.6 Å². The molecule has 4 heteroatoms. The minimum atomic E-state index is -4.23. The SMILES string of the molecule is C=CC[C@]1(CCC(F)(F)F)CCc2ccccc2C1=O. The lowest BCUT2D eigenvalue weighted by atomic mass is 9.66. The summed E-state index contributed by atoms with van der Waals surface area (Å²) >= 11 is 0. The van der Waals surface area contributed by atoms with Gasteiger partial charge >= 0.3 is 6.18 Å². The molecule has 0 radical (unpaired) electrons. The number of fused-ring (bicyclic) bond motifs is 1. The Morgan fingerprint density at radius 2 is 2.00 bits per heavy atom. The number of rotatable bonds is 4. The molecule has 0 spiro atoms. The van der Waals surface area contributed by atoms with Gasteiger partial charge in [-0.15, -0.1) is 6.58 Å². The van der Waals surface area contributed by atoms with Crippen LogP contribution in [-0.4, -0.2) is 12.0 Å². The third kappa shape index (κ3) is 2.94. The topological polar surface area (TPSA) is 17.1 Å². The zero-order valence-corrected chi connectivity index (χ0v) is 11.2. The molecule has 20 heavy (non-hydrogen) atoms. The van der Waals surface area contributed by atoms with Crippen LogP contribution in [0.3, 0.4) is 0 Å². The minimum absolute atomic E-state index is 0.157. The summed E-state index contributed by atoms with van der Waals surface area (Å²) in [5.74, 6) is -0.163. The van der Waals surface area contributed by atoms with E-state index < -0.39 is 18.0 Å². The van der Waals surface area contributed by atoms with E-state index in [1.54, 1.807) is 18.2 Å². The third-order valence-corrected chi connectivity index (χ3v) is 4.04. The van der Waals surface area contributed by atoms with Crippen LogP contribution in [-0.2, 0) is 6.42 Å². The predicted molar refractivity (Wildman–Crippen MR) is 71.6 cm³/mol. The standard InChI is InChI=1S/C16H17F3O/c1-2-8-15(10-11-16(17,18)19)9-7-12-5-3-4-6-13(12)14(15)20/h2-6H,1,7-11H2/t15-/m1/s1. The molecule has 1 atom stereocenters. The van der Waals surface area contributed by atoms with E-state index in [1.165, 1.54) is 0 Å². The highest BCUT2D eigenvalue weighted by atomic mass is 19.4. The average molecular weight is 282 g/mol. The maximum Gasteiger partial charge on any atom is 0.389 e. The Labute approximate surface area is 116 Å². The minimum Gasteiger partial charge on any atom is -0.294 e. The largest absolute Gasteiger partial charge is 0.389 e. The average Bonchev–Trinajstić information content (AvgIpc) is 2.40. The first-order valence-electron chi connectivity index (χ1n) is 6.68. The van der Waals surface area contributed by atoms with E-state index in [2.05, 4.69) is 6.58 Å². The summed E-state index contributed by atoms with van der Waals surface area (Å²) in [4.78, 5) is 12.6. The first-order valence-corrected chi connectivity index (χ1v) is 6.68. The highest BCUT2D eigenvalue weighted by molar-refractivity contribution is 6.02. The monoisotopic (exact) mass is 282 g/mol. The maximum atomic E-state index is 12.6. The summed E-state index contributed by atoms with van der Waals surface area (Å²) in [6, 6.07) is 7.18. The Hall–Kier alpha value is -1.58. The number of allylic oxidation sites excluding steroid dienone is 1. The molecule has 0 aliphatic heterocycles. The highest BCUT2D eigenvalue weighted by Crippen LogP contribution is 2.44. The van der Waals surface area contributed by atoms with Crippen molar-refractivity contribution < 1.29 is 18.0 Å². The van der Waals surface area contributed by atoms with Crippen LogP contribution in [0.2, 0.25) is 0 Å². The van der Waals surface area contributed by atoms with Gasteiger partial charge in [0.1, 0.15) is 0 Å². The van der Waals surface area contributed by atoms with Crippen molar-refractivity contribution in [1.29, 1.82) is 0 Å². The molecule has 0 N–H and O–H groups in total. The second-order valence-corrected chi connectivity index (χ2v) is 5.37. The van der Waals surface area contributed by atoms with Gasteiger partial charge in [-0.05, 0) is 31.2 Å². The highest BCUT2D eigenvalue weighted by Gasteiger charge is 2.43. The molecular weight excluding hydrogens is 265 g/mol. The van der Waals surface area contributed by atoms with Gasteiger partial charge in [0.15, 0.2) is 5.78 Å². The van der Waals surface area contributed by atoms with Gasteiger partial charge in [0.05, 0.1) is 0 Å². The van der Waals surface area contributed by atoms with Gasteiger partial charge in [0.25, 0.3) is 0 Å². The van der Waals surface area contributed by atoms with Crippen molar-refractivity contribution >= 4 is 5.78 Å². The van der Waals surface area contributed by atoms with E-state index >= 15 is 0 Å². The molecule has 2 rings (SSSR count). The number of aryl methyl sites for hydroxylation is 1. The van der Waals surface area contributed by atoms with Gasteiger partial charge in [-0.1, -0.05) is 30.3 Å². The number of alkyl halides is 3. The number of Topliss-reactive ketones (excluding diaryl/α,β-unsaturated/α-hetero) is 1. The van der Waals surface area contributed by atoms with Gasteiger partial charge in [0.2, 0.25) is 0 Å². The van der Waals surface area contributed by atoms with E-state index in [1.807, 2.05) is 12.1 Å². The fraction of sp³-hybridized carbons (Fsp3) is 0.438. The molecule has 1 aromatic rings. The van der Waals surface area contributed by atoms with Crippen LogP contribution in [0.25, 0.3) is 0 Å². The van der Waals surface area contributed by atoms with Crippen LogP contribution >= 0.6 is 0 Å². The molecule has 1 nitrogen and oxygen atoms in total. The van der Waals surface area contributed by atoms with Crippen molar-refractivity contribution in [2.75, 3.05) is 0 Å². The van der Waals surface area contributed by atoms with Crippen molar-refractivity contribution in [2.45, 2.75) is 38.3 Å². The van der Waals surface area contributed by atoms with Crippen LogP contribution < -0.4 is 0 Å². The van der Waals surface area contributed by atoms with Crippen LogP contribution in [0.15, 0.2) is 36.9 Å². The van der Waals surface area contributed by atoms with Crippen molar-refractivity contribution in [2.24, 2.45) is 5.41 Å². The molecule has 0 heterocycles. The second kappa shape index (κ2) is 5.43. The summed E-state index contributed by atoms with van der Waals surface area (Å²) in [5, 5.41) is 0. The maximum absolute atomic E-state index is 12.6. The number of benzene rings is 1. The lowest BCUT2D eigenvalue weighted by Crippen LogP contribution is -2.36. The Morgan fingerprint density at radius 1 is 1.30 bits per heavy atom. The lowest BCUT2D eigenvalue weighted by molar-refractivity contribution is -0.139. The Kier molecular flexibility index (Phi) is 4.02. The molecule has 0 saturated carbocycles. The van der Waals surface area contributed by atoms with Crippen molar-refractivity contribution in [3.05, 3.63) is 48.0 Å². The molecule has 1 aliphatic carbocycles. The molecule has 0 amide bonds. The van der Waals surface area contributed by atoms with Gasteiger partial charge in [-0.2, -0.15) is 13.2 Å². The van der Waals surface area contributed by atoms with E-state index in [0.717, 1.165) is 5.56 Å². The first kappa shape index (κ1) is 14.8. The number of ketones is 1. The van der Waals surface area contributed by atoms with Crippen molar-refractivity contribution in [3.63, 3.8) is 0 Å².